The molecule has 3 aromatic carbocycles. The Morgan fingerprint density at radius 1 is 0.667 bits per heavy atom. The van der Waals surface area contributed by atoms with E-state index in [9.17, 15) is 10.1 Å². The summed E-state index contributed by atoms with van der Waals surface area (Å²) >= 11 is 23.9. The number of halogens is 4. The Morgan fingerprint density at radius 2 is 1.19 bits per heavy atom. The Morgan fingerprint density at radius 3 is 1.81 bits per heavy atom. The fraction of sp³-hybridized carbons (Fsp3) is 0. The predicted molar refractivity (Wildman–Crippen MR) is 106 cm³/mol. The van der Waals surface area contributed by atoms with Crippen LogP contribution in [0.15, 0.2) is 54.6 Å². The highest BCUT2D eigenvalue weighted by molar-refractivity contribution is 6.35. The number of ether oxygens (including phenoxy) is 2. The zero-order valence-electron chi connectivity index (χ0n) is 13.3. The Bertz CT molecular complexity index is 1030. The molecule has 0 aliphatic heterocycles. The molecule has 0 saturated heterocycles. The Kier molecular flexibility index (Phi) is 5.97. The van der Waals surface area contributed by atoms with Crippen molar-refractivity contribution in [2.45, 2.75) is 0 Å². The zero-order chi connectivity index (χ0) is 19.6. The molecule has 0 aromatic heterocycles. The third kappa shape index (κ3) is 4.76. The van der Waals surface area contributed by atoms with Crippen LogP contribution in [0.2, 0.25) is 20.1 Å². The maximum absolute atomic E-state index is 11.3. The highest BCUT2D eigenvalue weighted by Gasteiger charge is 2.19. The van der Waals surface area contributed by atoms with Crippen LogP contribution in [0, 0.1) is 10.1 Å². The quantitative estimate of drug-likeness (QED) is 0.297. The highest BCUT2D eigenvalue weighted by atomic mass is 35.5. The lowest BCUT2D eigenvalue weighted by molar-refractivity contribution is -0.385. The zero-order valence-corrected chi connectivity index (χ0v) is 16.3. The van der Waals surface area contributed by atoms with Gasteiger partial charge in [-0.05, 0) is 42.5 Å². The van der Waals surface area contributed by atoms with Crippen molar-refractivity contribution in [1.29, 1.82) is 0 Å². The van der Waals surface area contributed by atoms with Crippen molar-refractivity contribution in [2.24, 2.45) is 0 Å². The first-order chi connectivity index (χ1) is 12.8. The molecule has 0 aliphatic carbocycles. The van der Waals surface area contributed by atoms with Crippen LogP contribution in [0.4, 0.5) is 5.69 Å². The van der Waals surface area contributed by atoms with Crippen molar-refractivity contribution in [3.8, 4) is 23.0 Å². The molecule has 0 bridgehead atoms. The van der Waals surface area contributed by atoms with Crippen LogP contribution in [0.25, 0.3) is 0 Å². The molecule has 0 unspecified atom stereocenters. The lowest BCUT2D eigenvalue weighted by Crippen LogP contribution is -1.95. The topological polar surface area (TPSA) is 61.6 Å². The number of hydrogen-bond donors (Lipinski definition) is 0. The van der Waals surface area contributed by atoms with E-state index < -0.39 is 4.92 Å². The number of benzene rings is 3. The molecular weight excluding hydrogens is 436 g/mol. The van der Waals surface area contributed by atoms with E-state index in [2.05, 4.69) is 0 Å². The summed E-state index contributed by atoms with van der Waals surface area (Å²) in [5, 5.41) is 12.6. The van der Waals surface area contributed by atoms with E-state index in [0.717, 1.165) is 0 Å². The second-order valence-corrected chi connectivity index (χ2v) is 6.96. The number of nitro groups is 1. The fourth-order valence-corrected chi connectivity index (χ4v) is 2.94. The van der Waals surface area contributed by atoms with E-state index in [-0.39, 0.29) is 28.0 Å². The summed E-state index contributed by atoms with van der Waals surface area (Å²) in [7, 11) is 0. The van der Waals surface area contributed by atoms with E-state index in [1.54, 1.807) is 24.3 Å². The molecule has 3 aromatic rings. The third-order valence-corrected chi connectivity index (χ3v) is 4.36. The van der Waals surface area contributed by atoms with E-state index in [4.69, 9.17) is 55.9 Å². The number of nitrogens with zero attached hydrogens (tertiary/aromatic N) is 1. The van der Waals surface area contributed by atoms with Crippen molar-refractivity contribution in [1.82, 2.24) is 0 Å². The Balaban J connectivity index is 1.99. The van der Waals surface area contributed by atoms with Crippen LogP contribution < -0.4 is 9.47 Å². The number of rotatable bonds is 5. The first-order valence-electron chi connectivity index (χ1n) is 7.38. The summed E-state index contributed by atoms with van der Waals surface area (Å²) in [6.07, 6.45) is 0. The van der Waals surface area contributed by atoms with Gasteiger partial charge in [-0.25, -0.2) is 0 Å². The molecule has 0 amide bonds. The molecule has 27 heavy (non-hydrogen) atoms. The number of hydrogen-bond acceptors (Lipinski definition) is 4. The van der Waals surface area contributed by atoms with Gasteiger partial charge in [0.25, 0.3) is 0 Å². The van der Waals surface area contributed by atoms with Crippen molar-refractivity contribution in [2.75, 3.05) is 0 Å². The number of nitro benzene ring substituents is 1. The van der Waals surface area contributed by atoms with Crippen LogP contribution in [-0.2, 0) is 0 Å². The first-order valence-corrected chi connectivity index (χ1v) is 8.89. The van der Waals surface area contributed by atoms with Crippen LogP contribution in [0.1, 0.15) is 0 Å². The largest absolute Gasteiger partial charge is 0.452 e. The monoisotopic (exact) mass is 443 g/mol. The maximum Gasteiger partial charge on any atom is 0.313 e. The second-order valence-electron chi connectivity index (χ2n) is 5.24. The molecule has 5 nitrogen and oxygen atoms in total. The Labute approximate surface area is 174 Å². The van der Waals surface area contributed by atoms with Gasteiger partial charge >= 0.3 is 5.69 Å². The molecule has 138 valence electrons. The summed E-state index contributed by atoms with van der Waals surface area (Å²) < 4.78 is 11.5. The maximum atomic E-state index is 11.3. The van der Waals surface area contributed by atoms with Crippen LogP contribution in [0.5, 0.6) is 23.0 Å². The van der Waals surface area contributed by atoms with Gasteiger partial charge in [0, 0.05) is 27.2 Å². The SMILES string of the molecule is O=[N+]([O-])c1cc(Cl)ccc1Oc1cc(Cl)ccc1Oc1ccc(Cl)cc1Cl. The van der Waals surface area contributed by atoms with Gasteiger partial charge in [0.1, 0.15) is 5.75 Å². The van der Waals surface area contributed by atoms with E-state index in [1.165, 1.54) is 30.3 Å². The summed E-state index contributed by atoms with van der Waals surface area (Å²) in [5.74, 6) is 0.740. The van der Waals surface area contributed by atoms with Crippen LogP contribution >= 0.6 is 46.4 Å². The van der Waals surface area contributed by atoms with Crippen LogP contribution in [0.3, 0.4) is 0 Å². The normalized spacial score (nSPS) is 10.5. The van der Waals surface area contributed by atoms with E-state index in [1.807, 2.05) is 0 Å². The Hall–Kier alpha value is -2.18. The minimum atomic E-state index is -0.595. The molecule has 9 heteroatoms. The van der Waals surface area contributed by atoms with E-state index in [0.29, 0.717) is 20.8 Å². The first kappa shape index (κ1) is 19.6. The standard InChI is InChI=1S/C18H9Cl4NO4/c19-10-1-4-15(13(22)7-10)26-17-6-3-12(21)9-18(17)27-16-5-2-11(20)8-14(16)23(24)25/h1-9H. The molecule has 0 N–H and O–H groups in total. The minimum Gasteiger partial charge on any atom is -0.452 e. The molecule has 0 fully saturated rings. The van der Waals surface area contributed by atoms with Gasteiger partial charge in [0.15, 0.2) is 11.5 Å². The summed E-state index contributed by atoms with van der Waals surface area (Å²) in [4.78, 5) is 10.7. The molecule has 0 spiro atoms. The van der Waals surface area contributed by atoms with Gasteiger partial charge in [0.05, 0.1) is 9.95 Å². The van der Waals surface area contributed by atoms with E-state index >= 15 is 0 Å². The molecule has 0 heterocycles. The van der Waals surface area contributed by atoms with Gasteiger partial charge in [-0.2, -0.15) is 0 Å². The summed E-state index contributed by atoms with van der Waals surface area (Å²) in [6, 6.07) is 13.4. The van der Waals surface area contributed by atoms with Crippen molar-refractivity contribution in [3.63, 3.8) is 0 Å². The van der Waals surface area contributed by atoms with Crippen molar-refractivity contribution < 1.29 is 14.4 Å². The minimum absolute atomic E-state index is 0.0151. The van der Waals surface area contributed by atoms with Gasteiger partial charge in [-0.3, -0.25) is 10.1 Å². The fourth-order valence-electron chi connectivity index (χ4n) is 2.16. The molecule has 0 atom stereocenters. The lowest BCUT2D eigenvalue weighted by Gasteiger charge is -2.14. The molecule has 0 radical (unpaired) electrons. The average molecular weight is 445 g/mol. The second kappa shape index (κ2) is 8.23. The summed E-state index contributed by atoms with van der Waals surface area (Å²) in [5.41, 5.74) is -0.294. The van der Waals surface area contributed by atoms with Gasteiger partial charge in [0.2, 0.25) is 5.75 Å². The van der Waals surface area contributed by atoms with Gasteiger partial charge in [-0.1, -0.05) is 46.4 Å². The highest BCUT2D eigenvalue weighted by Crippen LogP contribution is 2.41. The lowest BCUT2D eigenvalue weighted by atomic mass is 10.2. The summed E-state index contributed by atoms with van der Waals surface area (Å²) in [6.45, 7) is 0. The molecular formula is C18H9Cl4NO4. The van der Waals surface area contributed by atoms with Crippen LogP contribution in [-0.4, -0.2) is 4.92 Å². The average Bonchev–Trinajstić information content (AvgIpc) is 2.60. The smallest absolute Gasteiger partial charge is 0.313 e. The third-order valence-electron chi connectivity index (χ3n) is 3.36. The van der Waals surface area contributed by atoms with Gasteiger partial charge in [-0.15, -0.1) is 0 Å². The molecule has 3 rings (SSSR count). The van der Waals surface area contributed by atoms with Gasteiger partial charge < -0.3 is 9.47 Å². The van der Waals surface area contributed by atoms with Crippen molar-refractivity contribution >= 4 is 52.1 Å². The predicted octanol–water partition coefficient (Wildman–Crippen LogP) is 7.79. The molecule has 0 saturated carbocycles. The molecule has 0 aliphatic rings. The van der Waals surface area contributed by atoms with Crippen molar-refractivity contribution in [3.05, 3.63) is 84.8 Å².